The Hall–Kier alpha value is -2.91. The van der Waals surface area contributed by atoms with E-state index in [1.807, 2.05) is 0 Å². The Morgan fingerprint density at radius 1 is 1.28 bits per heavy atom. The number of aromatic nitrogens is 1. The average Bonchev–Trinajstić information content (AvgIpc) is 2.52. The fraction of sp³-hybridized carbons (Fsp3) is 0.533. The van der Waals surface area contributed by atoms with Gasteiger partial charge in [-0.1, -0.05) is 0 Å². The Kier molecular flexibility index (Phi) is 5.10. The molecule has 0 spiro atoms. The summed E-state index contributed by atoms with van der Waals surface area (Å²) in [4.78, 5) is 40.7. The Bertz CT molecular complexity index is 692. The fourth-order valence-corrected chi connectivity index (χ4v) is 2.38. The summed E-state index contributed by atoms with van der Waals surface area (Å²) in [5.74, 6) is -1.14. The molecular weight excluding hydrogens is 332 g/mol. The van der Waals surface area contributed by atoms with E-state index in [1.165, 1.54) is 4.90 Å². The molecule has 1 saturated heterocycles. The summed E-state index contributed by atoms with van der Waals surface area (Å²) >= 11 is 0. The summed E-state index contributed by atoms with van der Waals surface area (Å²) in [7, 11) is 0. The number of carbonyl (C=O) groups is 2. The zero-order valence-corrected chi connectivity index (χ0v) is 14.3. The number of hydrogen-bond donors (Lipinski definition) is 1. The van der Waals surface area contributed by atoms with Crippen LogP contribution in [-0.4, -0.2) is 63.8 Å². The van der Waals surface area contributed by atoms with Gasteiger partial charge in [-0.2, -0.15) is 0 Å². The first-order chi connectivity index (χ1) is 11.6. The van der Waals surface area contributed by atoms with Crippen LogP contribution in [0.1, 0.15) is 31.1 Å². The fourth-order valence-electron chi connectivity index (χ4n) is 2.38. The number of hydrogen-bond acceptors (Lipinski definition) is 7. The predicted octanol–water partition coefficient (Wildman–Crippen LogP) is 1.75. The minimum atomic E-state index is -1.29. The van der Waals surface area contributed by atoms with Gasteiger partial charge in [-0.3, -0.25) is 10.1 Å². The van der Waals surface area contributed by atoms with Crippen LogP contribution in [0.2, 0.25) is 0 Å². The van der Waals surface area contributed by atoms with E-state index in [9.17, 15) is 24.8 Å². The average molecular weight is 352 g/mol. The van der Waals surface area contributed by atoms with Gasteiger partial charge in [0.15, 0.2) is 0 Å². The maximum atomic E-state index is 12.1. The maximum Gasteiger partial charge on any atom is 0.410 e. The second-order valence-corrected chi connectivity index (χ2v) is 6.58. The number of aromatic carboxylic acids is 1. The second kappa shape index (κ2) is 6.91. The standard InChI is InChI=1S/C15H20N4O6/c1-15(2,3)25-14(22)18-6-4-17(5-7-18)12-11(13(20)21)8-10(9-16-12)19(23)24/h8-9H,4-7H2,1-3H3,(H,20,21). The SMILES string of the molecule is CC(C)(C)OC(=O)N1CCN(c2ncc([N+](=O)[O-])cc2C(=O)O)CC1. The van der Waals surface area contributed by atoms with Crippen LogP contribution < -0.4 is 4.90 Å². The van der Waals surface area contributed by atoms with E-state index in [4.69, 9.17) is 4.74 Å². The molecule has 0 saturated carbocycles. The molecule has 1 aromatic heterocycles. The molecule has 10 nitrogen and oxygen atoms in total. The first-order valence-corrected chi connectivity index (χ1v) is 7.69. The Balaban J connectivity index is 2.11. The van der Waals surface area contributed by atoms with Crippen molar-refractivity contribution in [2.75, 3.05) is 31.1 Å². The van der Waals surface area contributed by atoms with Gasteiger partial charge in [0.25, 0.3) is 5.69 Å². The van der Waals surface area contributed by atoms with Crippen molar-refractivity contribution in [1.82, 2.24) is 9.88 Å². The van der Waals surface area contributed by atoms with E-state index >= 15 is 0 Å². The number of carbonyl (C=O) groups excluding carboxylic acids is 1. The monoisotopic (exact) mass is 352 g/mol. The lowest BCUT2D eigenvalue weighted by Crippen LogP contribution is -2.50. The molecule has 0 bridgehead atoms. The lowest BCUT2D eigenvalue weighted by Gasteiger charge is -2.36. The van der Waals surface area contributed by atoms with Crippen molar-refractivity contribution in [3.8, 4) is 0 Å². The van der Waals surface area contributed by atoms with Crippen LogP contribution in [-0.2, 0) is 4.74 Å². The molecule has 0 unspecified atom stereocenters. The minimum Gasteiger partial charge on any atom is -0.478 e. The molecule has 136 valence electrons. The number of amides is 1. The van der Waals surface area contributed by atoms with Gasteiger partial charge in [0.05, 0.1) is 4.92 Å². The largest absolute Gasteiger partial charge is 0.478 e. The van der Waals surface area contributed by atoms with Crippen molar-refractivity contribution in [1.29, 1.82) is 0 Å². The van der Waals surface area contributed by atoms with Gasteiger partial charge in [-0.05, 0) is 20.8 Å². The molecule has 1 aliphatic heterocycles. The number of ether oxygens (including phenoxy) is 1. The van der Waals surface area contributed by atoms with Crippen LogP contribution in [0, 0.1) is 10.1 Å². The topological polar surface area (TPSA) is 126 Å². The number of nitro groups is 1. The van der Waals surface area contributed by atoms with Gasteiger partial charge in [0, 0.05) is 32.2 Å². The molecule has 0 radical (unpaired) electrons. The van der Waals surface area contributed by atoms with Gasteiger partial charge < -0.3 is 19.6 Å². The Labute approximate surface area is 144 Å². The third-order valence-corrected chi connectivity index (χ3v) is 3.52. The molecule has 0 atom stereocenters. The van der Waals surface area contributed by atoms with Crippen molar-refractivity contribution in [3.63, 3.8) is 0 Å². The van der Waals surface area contributed by atoms with E-state index in [0.29, 0.717) is 26.2 Å². The Morgan fingerprint density at radius 3 is 2.36 bits per heavy atom. The first kappa shape index (κ1) is 18.4. The molecule has 2 rings (SSSR count). The lowest BCUT2D eigenvalue weighted by atomic mass is 10.2. The first-order valence-electron chi connectivity index (χ1n) is 7.69. The summed E-state index contributed by atoms with van der Waals surface area (Å²) in [5, 5.41) is 20.1. The zero-order chi connectivity index (χ0) is 18.8. The number of rotatable bonds is 3. The van der Waals surface area contributed by atoms with E-state index in [1.54, 1.807) is 25.7 Å². The van der Waals surface area contributed by atoms with E-state index in [0.717, 1.165) is 12.3 Å². The zero-order valence-electron chi connectivity index (χ0n) is 14.3. The summed E-state index contributed by atoms with van der Waals surface area (Å²) in [6, 6.07) is 0.991. The smallest absolute Gasteiger partial charge is 0.410 e. The molecule has 10 heteroatoms. The molecule has 2 heterocycles. The molecule has 1 amide bonds. The number of carboxylic acids is 1. The van der Waals surface area contributed by atoms with Crippen LogP contribution in [0.4, 0.5) is 16.3 Å². The van der Waals surface area contributed by atoms with Gasteiger partial charge in [0.1, 0.15) is 23.2 Å². The number of pyridine rings is 1. The van der Waals surface area contributed by atoms with Crippen LogP contribution in [0.3, 0.4) is 0 Å². The van der Waals surface area contributed by atoms with Crippen molar-refractivity contribution in [2.24, 2.45) is 0 Å². The van der Waals surface area contributed by atoms with Gasteiger partial charge in [0.2, 0.25) is 0 Å². The van der Waals surface area contributed by atoms with Crippen molar-refractivity contribution >= 4 is 23.6 Å². The number of carboxylic acid groups (broad SMARTS) is 1. The third kappa shape index (κ3) is 4.55. The van der Waals surface area contributed by atoms with E-state index in [2.05, 4.69) is 4.98 Å². The quantitative estimate of drug-likeness (QED) is 0.644. The summed E-state index contributed by atoms with van der Waals surface area (Å²) < 4.78 is 5.31. The molecule has 0 aliphatic carbocycles. The van der Waals surface area contributed by atoms with Crippen molar-refractivity contribution in [3.05, 3.63) is 27.9 Å². The highest BCUT2D eigenvalue weighted by atomic mass is 16.6. The van der Waals surface area contributed by atoms with Crippen molar-refractivity contribution in [2.45, 2.75) is 26.4 Å². The van der Waals surface area contributed by atoms with Crippen LogP contribution in [0.25, 0.3) is 0 Å². The summed E-state index contributed by atoms with van der Waals surface area (Å²) in [6.45, 7) is 6.72. The van der Waals surface area contributed by atoms with Gasteiger partial charge in [-0.15, -0.1) is 0 Å². The number of nitrogens with zero attached hydrogens (tertiary/aromatic N) is 4. The lowest BCUT2D eigenvalue weighted by molar-refractivity contribution is -0.385. The van der Waals surface area contributed by atoms with Crippen LogP contribution >= 0.6 is 0 Å². The van der Waals surface area contributed by atoms with E-state index in [-0.39, 0.29) is 17.1 Å². The molecule has 1 N–H and O–H groups in total. The third-order valence-electron chi connectivity index (χ3n) is 3.52. The number of anilines is 1. The molecular formula is C15H20N4O6. The minimum absolute atomic E-state index is 0.155. The highest BCUT2D eigenvalue weighted by Gasteiger charge is 2.28. The van der Waals surface area contributed by atoms with Gasteiger partial charge >= 0.3 is 12.1 Å². The normalized spacial score (nSPS) is 15.0. The highest BCUT2D eigenvalue weighted by Crippen LogP contribution is 2.24. The van der Waals surface area contributed by atoms with Crippen molar-refractivity contribution < 1.29 is 24.4 Å². The Morgan fingerprint density at radius 2 is 1.88 bits per heavy atom. The molecule has 25 heavy (non-hydrogen) atoms. The molecule has 0 aromatic carbocycles. The van der Waals surface area contributed by atoms with Crippen LogP contribution in [0.5, 0.6) is 0 Å². The molecule has 1 fully saturated rings. The predicted molar refractivity (Wildman–Crippen MR) is 87.9 cm³/mol. The number of piperazine rings is 1. The maximum absolute atomic E-state index is 12.1. The molecule has 1 aromatic rings. The summed E-state index contributed by atoms with van der Waals surface area (Å²) in [6.07, 6.45) is 0.601. The van der Waals surface area contributed by atoms with Crippen LogP contribution in [0.15, 0.2) is 12.3 Å². The highest BCUT2D eigenvalue weighted by molar-refractivity contribution is 5.94. The summed E-state index contributed by atoms with van der Waals surface area (Å²) in [5.41, 5.74) is -1.21. The second-order valence-electron chi connectivity index (χ2n) is 6.58. The van der Waals surface area contributed by atoms with E-state index < -0.39 is 22.6 Å². The van der Waals surface area contributed by atoms with Gasteiger partial charge in [-0.25, -0.2) is 14.6 Å². The molecule has 1 aliphatic rings.